The molecule has 0 aromatic heterocycles. The first-order valence-electron chi connectivity index (χ1n) is 7.33. The number of nitrogens with zero attached hydrogens (tertiary/aromatic N) is 1. The Labute approximate surface area is 129 Å². The zero-order chi connectivity index (χ0) is 15.7. The number of fused-ring (bicyclic) bond motifs is 1. The van der Waals surface area contributed by atoms with Crippen molar-refractivity contribution in [2.45, 2.75) is 26.4 Å². The zero-order valence-electron chi connectivity index (χ0n) is 12.7. The first kappa shape index (κ1) is 14.6. The van der Waals surface area contributed by atoms with Gasteiger partial charge in [0.15, 0.2) is 0 Å². The second-order valence-electron chi connectivity index (χ2n) is 5.64. The van der Waals surface area contributed by atoms with Crippen molar-refractivity contribution in [2.24, 2.45) is 0 Å². The van der Waals surface area contributed by atoms with Gasteiger partial charge in [0.05, 0.1) is 6.04 Å². The van der Waals surface area contributed by atoms with Crippen LogP contribution < -0.4 is 4.74 Å². The van der Waals surface area contributed by atoms with E-state index in [9.17, 15) is 9.18 Å². The predicted octanol–water partition coefficient (Wildman–Crippen LogP) is 3.62. The number of amides is 1. The Morgan fingerprint density at radius 2 is 1.86 bits per heavy atom. The molecule has 114 valence electrons. The molecule has 0 saturated carbocycles. The van der Waals surface area contributed by atoms with E-state index in [0.29, 0.717) is 13.2 Å². The number of rotatable bonds is 1. The topological polar surface area (TPSA) is 29.5 Å². The largest absolute Gasteiger partial charge is 0.491 e. The third-order valence-corrected chi connectivity index (χ3v) is 4.00. The summed E-state index contributed by atoms with van der Waals surface area (Å²) in [5.41, 5.74) is 2.90. The highest BCUT2D eigenvalue weighted by Crippen LogP contribution is 2.30. The summed E-state index contributed by atoms with van der Waals surface area (Å²) in [5.74, 6) is 0.594. The normalized spacial score (nSPS) is 17.4. The molecular formula is C18H18FNO2. The van der Waals surface area contributed by atoms with Crippen LogP contribution in [0.25, 0.3) is 11.1 Å². The zero-order valence-corrected chi connectivity index (χ0v) is 12.7. The number of halogens is 1. The maximum absolute atomic E-state index is 13.0. The van der Waals surface area contributed by atoms with E-state index in [1.54, 1.807) is 24.0 Å². The van der Waals surface area contributed by atoms with E-state index in [1.165, 1.54) is 12.1 Å². The second-order valence-corrected chi connectivity index (χ2v) is 5.64. The third kappa shape index (κ3) is 2.82. The molecule has 1 aliphatic rings. The molecule has 1 atom stereocenters. The number of hydrogen-bond acceptors (Lipinski definition) is 2. The van der Waals surface area contributed by atoms with E-state index in [0.717, 1.165) is 22.4 Å². The number of benzene rings is 2. The molecular weight excluding hydrogens is 281 g/mol. The molecule has 0 N–H and O–H groups in total. The fourth-order valence-corrected chi connectivity index (χ4v) is 2.73. The molecule has 4 heteroatoms. The van der Waals surface area contributed by atoms with Crippen LogP contribution in [0.4, 0.5) is 4.39 Å². The molecule has 0 radical (unpaired) electrons. The van der Waals surface area contributed by atoms with Crippen LogP contribution in [0.2, 0.25) is 0 Å². The Hall–Kier alpha value is -2.36. The minimum Gasteiger partial charge on any atom is -0.491 e. The summed E-state index contributed by atoms with van der Waals surface area (Å²) in [5, 5.41) is 0. The van der Waals surface area contributed by atoms with E-state index in [1.807, 2.05) is 25.1 Å². The summed E-state index contributed by atoms with van der Waals surface area (Å²) in [7, 11) is 0. The summed E-state index contributed by atoms with van der Waals surface area (Å²) < 4.78 is 18.8. The lowest BCUT2D eigenvalue weighted by Gasteiger charge is -2.24. The summed E-state index contributed by atoms with van der Waals surface area (Å²) in [6, 6.07) is 12.3. The van der Waals surface area contributed by atoms with Crippen LogP contribution >= 0.6 is 0 Å². The van der Waals surface area contributed by atoms with Gasteiger partial charge >= 0.3 is 0 Å². The molecule has 1 aliphatic heterocycles. The molecule has 1 amide bonds. The van der Waals surface area contributed by atoms with Crippen molar-refractivity contribution in [3.05, 3.63) is 53.8 Å². The molecule has 2 aromatic rings. The molecule has 22 heavy (non-hydrogen) atoms. The number of ether oxygens (including phenoxy) is 1. The van der Waals surface area contributed by atoms with Crippen LogP contribution in [0, 0.1) is 5.82 Å². The fraction of sp³-hybridized carbons (Fsp3) is 0.278. The highest BCUT2D eigenvalue weighted by atomic mass is 19.1. The van der Waals surface area contributed by atoms with Crippen molar-refractivity contribution in [1.29, 1.82) is 0 Å². The number of carbonyl (C=O) groups is 1. The van der Waals surface area contributed by atoms with Crippen LogP contribution in [0.1, 0.15) is 19.4 Å². The van der Waals surface area contributed by atoms with Crippen molar-refractivity contribution >= 4 is 5.91 Å². The maximum Gasteiger partial charge on any atom is 0.220 e. The molecule has 1 unspecified atom stereocenters. The first-order chi connectivity index (χ1) is 10.5. The number of hydrogen-bond donors (Lipinski definition) is 0. The summed E-state index contributed by atoms with van der Waals surface area (Å²) >= 11 is 0. The third-order valence-electron chi connectivity index (χ3n) is 4.00. The highest BCUT2D eigenvalue weighted by molar-refractivity contribution is 5.74. The van der Waals surface area contributed by atoms with Crippen molar-refractivity contribution in [3.63, 3.8) is 0 Å². The Bertz CT molecular complexity index is 697. The Kier molecular flexibility index (Phi) is 3.84. The summed E-state index contributed by atoms with van der Waals surface area (Å²) in [4.78, 5) is 13.6. The Morgan fingerprint density at radius 1 is 1.18 bits per heavy atom. The maximum atomic E-state index is 13.0. The Morgan fingerprint density at radius 3 is 2.55 bits per heavy atom. The van der Waals surface area contributed by atoms with Gasteiger partial charge in [-0.1, -0.05) is 18.2 Å². The van der Waals surface area contributed by atoms with Gasteiger partial charge in [-0.05, 0) is 42.3 Å². The lowest BCUT2D eigenvalue weighted by Crippen LogP contribution is -2.38. The predicted molar refractivity (Wildman–Crippen MR) is 83.0 cm³/mol. The van der Waals surface area contributed by atoms with Gasteiger partial charge in [0, 0.05) is 19.0 Å². The van der Waals surface area contributed by atoms with Gasteiger partial charge in [0.1, 0.15) is 18.2 Å². The average Bonchev–Trinajstić information content (AvgIpc) is 2.67. The van der Waals surface area contributed by atoms with E-state index in [-0.39, 0.29) is 17.8 Å². The van der Waals surface area contributed by atoms with Crippen molar-refractivity contribution in [2.75, 3.05) is 6.61 Å². The van der Waals surface area contributed by atoms with Gasteiger partial charge in [-0.25, -0.2) is 4.39 Å². The molecule has 2 aromatic carbocycles. The molecule has 0 saturated heterocycles. The van der Waals surface area contributed by atoms with Gasteiger partial charge in [-0.15, -0.1) is 0 Å². The van der Waals surface area contributed by atoms with Crippen molar-refractivity contribution in [3.8, 4) is 16.9 Å². The first-order valence-corrected chi connectivity index (χ1v) is 7.33. The standard InChI is InChI=1S/C18H18FNO2/c1-12-11-22-18-8-5-15(14-3-6-17(19)7-4-14)9-16(18)10-20(12)13(2)21/h3-9,12H,10-11H2,1-2H3. The smallest absolute Gasteiger partial charge is 0.220 e. The van der Waals surface area contributed by atoms with Crippen molar-refractivity contribution < 1.29 is 13.9 Å². The quantitative estimate of drug-likeness (QED) is 0.805. The summed E-state index contributed by atoms with van der Waals surface area (Å²) in [6.45, 7) is 4.57. The van der Waals surface area contributed by atoms with E-state index in [4.69, 9.17) is 4.74 Å². The van der Waals surface area contributed by atoms with Gasteiger partial charge in [-0.3, -0.25) is 4.79 Å². The molecule has 1 heterocycles. The van der Waals surface area contributed by atoms with Crippen LogP contribution in [-0.2, 0) is 11.3 Å². The monoisotopic (exact) mass is 299 g/mol. The lowest BCUT2D eigenvalue weighted by atomic mass is 10.0. The van der Waals surface area contributed by atoms with Crippen LogP contribution in [0.3, 0.4) is 0 Å². The SMILES string of the molecule is CC(=O)N1Cc2cc(-c3ccc(F)cc3)ccc2OCC1C. The lowest BCUT2D eigenvalue weighted by molar-refractivity contribution is -0.131. The van der Waals surface area contributed by atoms with Gasteiger partial charge < -0.3 is 9.64 Å². The molecule has 0 bridgehead atoms. The average molecular weight is 299 g/mol. The van der Waals surface area contributed by atoms with Gasteiger partial charge in [0.2, 0.25) is 5.91 Å². The van der Waals surface area contributed by atoms with Crippen LogP contribution in [0.15, 0.2) is 42.5 Å². The molecule has 0 fully saturated rings. The fourth-order valence-electron chi connectivity index (χ4n) is 2.73. The van der Waals surface area contributed by atoms with Gasteiger partial charge in [0.25, 0.3) is 0 Å². The molecule has 3 rings (SSSR count). The van der Waals surface area contributed by atoms with E-state index < -0.39 is 0 Å². The van der Waals surface area contributed by atoms with E-state index in [2.05, 4.69) is 0 Å². The number of carbonyl (C=O) groups excluding carboxylic acids is 1. The van der Waals surface area contributed by atoms with Crippen LogP contribution in [-0.4, -0.2) is 23.5 Å². The van der Waals surface area contributed by atoms with E-state index >= 15 is 0 Å². The molecule has 0 spiro atoms. The second kappa shape index (κ2) is 5.79. The highest BCUT2D eigenvalue weighted by Gasteiger charge is 2.23. The molecule has 3 nitrogen and oxygen atoms in total. The minimum atomic E-state index is -0.251. The molecule has 0 aliphatic carbocycles. The van der Waals surface area contributed by atoms with Crippen molar-refractivity contribution in [1.82, 2.24) is 4.90 Å². The Balaban J connectivity index is 1.97. The minimum absolute atomic E-state index is 0.0381. The van der Waals surface area contributed by atoms with Crippen LogP contribution in [0.5, 0.6) is 5.75 Å². The summed E-state index contributed by atoms with van der Waals surface area (Å²) in [6.07, 6.45) is 0. The van der Waals surface area contributed by atoms with Gasteiger partial charge in [-0.2, -0.15) is 0 Å².